The Morgan fingerprint density at radius 1 is 1.12 bits per heavy atom. The molecule has 4 aliphatic carbocycles. The summed E-state index contributed by atoms with van der Waals surface area (Å²) < 4.78 is 0. The minimum atomic E-state index is -0.721. The number of carboxylic acid groups (broad SMARTS) is 1. The van der Waals surface area contributed by atoms with E-state index in [1.807, 2.05) is 18.2 Å². The van der Waals surface area contributed by atoms with Crippen LogP contribution in [0.5, 0.6) is 0 Å². The molecule has 0 radical (unpaired) electrons. The molecule has 168 valence electrons. The Morgan fingerprint density at radius 2 is 1.88 bits per heavy atom. The maximum atomic E-state index is 13.5. The fraction of sp³-hybridized carbons (Fsp3) is 0.583. The summed E-state index contributed by atoms with van der Waals surface area (Å²) in [5.74, 6) is -0.870. The van der Waals surface area contributed by atoms with Crippen molar-refractivity contribution in [3.8, 4) is 0 Å². The molecule has 2 aliphatic heterocycles. The standard InChI is InChI=1S/C24H27N3O5/c28-18-9-8-17(20(29)25-18)27-16(7-6-13-4-5-13)19-14(21(27)30)2-1-3-15(19)26-24-10-23(11-24,12-24)22(31)32/h1-3,13,16-17,26H,4-12H2,(H,31,32)(H,25,28,29). The second-order valence-electron chi connectivity index (χ2n) is 10.5. The third kappa shape index (κ3) is 2.81. The van der Waals surface area contributed by atoms with Crippen LogP contribution in [-0.2, 0) is 14.4 Å². The van der Waals surface area contributed by atoms with E-state index in [4.69, 9.17) is 0 Å². The number of hydrogen-bond acceptors (Lipinski definition) is 5. The van der Waals surface area contributed by atoms with Crippen LogP contribution in [0.2, 0.25) is 0 Å². The van der Waals surface area contributed by atoms with Gasteiger partial charge in [0, 0.05) is 28.8 Å². The van der Waals surface area contributed by atoms with E-state index in [1.54, 1.807) is 4.90 Å². The summed E-state index contributed by atoms with van der Waals surface area (Å²) in [4.78, 5) is 51.1. The second-order valence-corrected chi connectivity index (χ2v) is 10.5. The number of carbonyl (C=O) groups excluding carboxylic acids is 3. The molecule has 1 aromatic carbocycles. The van der Waals surface area contributed by atoms with Crippen LogP contribution in [0.4, 0.5) is 5.69 Å². The Hall–Kier alpha value is -2.90. The number of fused-ring (bicyclic) bond motifs is 1. The number of benzene rings is 1. The van der Waals surface area contributed by atoms with Crippen molar-refractivity contribution < 1.29 is 24.3 Å². The highest BCUT2D eigenvalue weighted by Crippen LogP contribution is 2.68. The molecule has 7 rings (SSSR count). The van der Waals surface area contributed by atoms with E-state index in [-0.39, 0.29) is 29.8 Å². The Bertz CT molecular complexity index is 1040. The van der Waals surface area contributed by atoms with Gasteiger partial charge in [-0.15, -0.1) is 0 Å². The number of amides is 3. The van der Waals surface area contributed by atoms with Gasteiger partial charge in [-0.3, -0.25) is 24.5 Å². The molecule has 6 aliphatic rings. The largest absolute Gasteiger partial charge is 0.481 e. The molecule has 8 nitrogen and oxygen atoms in total. The molecule has 2 bridgehead atoms. The molecule has 1 aromatic rings. The monoisotopic (exact) mass is 437 g/mol. The van der Waals surface area contributed by atoms with E-state index in [0.717, 1.165) is 24.1 Å². The Labute approximate surface area is 185 Å². The predicted octanol–water partition coefficient (Wildman–Crippen LogP) is 2.60. The summed E-state index contributed by atoms with van der Waals surface area (Å²) in [6.45, 7) is 0. The minimum absolute atomic E-state index is 0.154. The van der Waals surface area contributed by atoms with Crippen LogP contribution >= 0.6 is 0 Å². The van der Waals surface area contributed by atoms with E-state index in [0.29, 0.717) is 37.2 Å². The fourth-order valence-corrected chi connectivity index (χ4v) is 6.46. The first-order chi connectivity index (χ1) is 15.3. The van der Waals surface area contributed by atoms with E-state index >= 15 is 0 Å². The number of hydrogen-bond donors (Lipinski definition) is 3. The van der Waals surface area contributed by atoms with Crippen LogP contribution < -0.4 is 10.6 Å². The number of carboxylic acids is 1. The number of piperidine rings is 1. The first-order valence-electron chi connectivity index (χ1n) is 11.6. The van der Waals surface area contributed by atoms with Crippen molar-refractivity contribution in [2.45, 2.75) is 75.4 Å². The van der Waals surface area contributed by atoms with Crippen molar-refractivity contribution in [3.63, 3.8) is 0 Å². The molecule has 1 saturated heterocycles. The van der Waals surface area contributed by atoms with Crippen LogP contribution in [0.15, 0.2) is 18.2 Å². The summed E-state index contributed by atoms with van der Waals surface area (Å²) in [6, 6.07) is 4.78. The summed E-state index contributed by atoms with van der Waals surface area (Å²) in [5.41, 5.74) is 1.63. The fourth-order valence-electron chi connectivity index (χ4n) is 6.46. The zero-order chi connectivity index (χ0) is 22.3. The summed E-state index contributed by atoms with van der Waals surface area (Å²) in [5, 5.41) is 15.5. The van der Waals surface area contributed by atoms with Crippen molar-refractivity contribution >= 4 is 29.4 Å². The number of rotatable bonds is 7. The van der Waals surface area contributed by atoms with Gasteiger partial charge in [0.1, 0.15) is 6.04 Å². The highest BCUT2D eigenvalue weighted by molar-refractivity contribution is 6.06. The molecule has 2 atom stereocenters. The lowest BCUT2D eigenvalue weighted by Crippen LogP contribution is -2.73. The molecule has 5 fully saturated rings. The number of carbonyl (C=O) groups is 4. The van der Waals surface area contributed by atoms with Crippen molar-refractivity contribution in [2.75, 3.05) is 5.32 Å². The second kappa shape index (κ2) is 6.56. The molecule has 2 heterocycles. The smallest absolute Gasteiger partial charge is 0.309 e. The zero-order valence-corrected chi connectivity index (χ0v) is 17.9. The highest BCUT2D eigenvalue weighted by Gasteiger charge is 2.72. The lowest BCUT2D eigenvalue weighted by molar-refractivity contribution is -0.186. The third-order valence-corrected chi connectivity index (χ3v) is 8.22. The molecule has 32 heavy (non-hydrogen) atoms. The van der Waals surface area contributed by atoms with Crippen LogP contribution in [0.1, 0.15) is 79.8 Å². The van der Waals surface area contributed by atoms with E-state index in [1.165, 1.54) is 12.8 Å². The van der Waals surface area contributed by atoms with Gasteiger partial charge >= 0.3 is 5.97 Å². The molecular weight excluding hydrogens is 410 g/mol. The summed E-state index contributed by atoms with van der Waals surface area (Å²) in [6.07, 6.45) is 6.62. The normalized spacial score (nSPS) is 35.0. The Balaban J connectivity index is 1.32. The molecule has 4 saturated carbocycles. The molecule has 2 unspecified atom stereocenters. The van der Waals surface area contributed by atoms with Crippen LogP contribution in [0.25, 0.3) is 0 Å². The van der Waals surface area contributed by atoms with Crippen LogP contribution in [0.3, 0.4) is 0 Å². The maximum absolute atomic E-state index is 13.5. The lowest BCUT2D eigenvalue weighted by atomic mass is 9.39. The first-order valence-corrected chi connectivity index (χ1v) is 11.6. The number of nitrogens with one attached hydrogen (secondary N) is 2. The van der Waals surface area contributed by atoms with Crippen molar-refractivity contribution in [2.24, 2.45) is 11.3 Å². The number of nitrogens with zero attached hydrogens (tertiary/aromatic N) is 1. The average Bonchev–Trinajstić information content (AvgIpc) is 3.47. The Morgan fingerprint density at radius 3 is 2.53 bits per heavy atom. The topological polar surface area (TPSA) is 116 Å². The van der Waals surface area contributed by atoms with E-state index in [9.17, 15) is 24.3 Å². The van der Waals surface area contributed by atoms with Gasteiger partial charge in [-0.2, -0.15) is 0 Å². The van der Waals surface area contributed by atoms with Crippen molar-refractivity contribution in [3.05, 3.63) is 29.3 Å². The van der Waals surface area contributed by atoms with Crippen molar-refractivity contribution in [1.82, 2.24) is 10.2 Å². The van der Waals surface area contributed by atoms with Gasteiger partial charge in [0.2, 0.25) is 11.8 Å². The number of anilines is 1. The van der Waals surface area contributed by atoms with Gasteiger partial charge in [-0.1, -0.05) is 18.9 Å². The van der Waals surface area contributed by atoms with Gasteiger partial charge in [0.25, 0.3) is 5.91 Å². The molecule has 3 N–H and O–H groups in total. The van der Waals surface area contributed by atoms with Gasteiger partial charge in [0.15, 0.2) is 0 Å². The van der Waals surface area contributed by atoms with Crippen molar-refractivity contribution in [1.29, 1.82) is 0 Å². The summed E-state index contributed by atoms with van der Waals surface area (Å²) >= 11 is 0. The van der Waals surface area contributed by atoms with E-state index < -0.39 is 23.3 Å². The third-order valence-electron chi connectivity index (χ3n) is 8.22. The summed E-state index contributed by atoms with van der Waals surface area (Å²) in [7, 11) is 0. The quantitative estimate of drug-likeness (QED) is 0.565. The van der Waals surface area contributed by atoms with Gasteiger partial charge in [-0.05, 0) is 56.6 Å². The van der Waals surface area contributed by atoms with Crippen LogP contribution in [0, 0.1) is 11.3 Å². The van der Waals surface area contributed by atoms with E-state index in [2.05, 4.69) is 10.6 Å². The molecule has 0 aromatic heterocycles. The van der Waals surface area contributed by atoms with Gasteiger partial charge < -0.3 is 15.3 Å². The molecule has 0 spiro atoms. The number of imide groups is 1. The predicted molar refractivity (Wildman–Crippen MR) is 114 cm³/mol. The lowest BCUT2D eigenvalue weighted by Gasteiger charge is -2.68. The SMILES string of the molecule is O=C1CCC(N2C(=O)c3cccc(NC45CC(C(=O)O)(C4)C5)c3C2CCC2CC2)C(=O)N1. The number of aliphatic carboxylic acids is 1. The molecule has 8 heteroatoms. The first kappa shape index (κ1) is 19.8. The average molecular weight is 437 g/mol. The zero-order valence-electron chi connectivity index (χ0n) is 17.9. The minimum Gasteiger partial charge on any atom is -0.481 e. The highest BCUT2D eigenvalue weighted by atomic mass is 16.4. The molecule has 3 amide bonds. The van der Waals surface area contributed by atoms with Crippen LogP contribution in [-0.4, -0.2) is 45.3 Å². The Kier molecular flexibility index (Phi) is 4.05. The van der Waals surface area contributed by atoms with Gasteiger partial charge in [-0.25, -0.2) is 0 Å². The molecular formula is C24H27N3O5. The maximum Gasteiger partial charge on any atom is 0.309 e. The van der Waals surface area contributed by atoms with Gasteiger partial charge in [0.05, 0.1) is 11.5 Å².